The van der Waals surface area contributed by atoms with Crippen LogP contribution < -0.4 is 5.32 Å². The summed E-state index contributed by atoms with van der Waals surface area (Å²) in [6.45, 7) is 2.80. The molecule has 0 aromatic heterocycles. The van der Waals surface area contributed by atoms with Crippen molar-refractivity contribution in [2.45, 2.75) is 51.2 Å². The predicted octanol–water partition coefficient (Wildman–Crippen LogP) is 4.63. The minimum absolute atomic E-state index is 0.199. The Kier molecular flexibility index (Phi) is 3.91. The Morgan fingerprint density at radius 2 is 2.15 bits per heavy atom. The van der Waals surface area contributed by atoms with Crippen LogP contribution in [0.15, 0.2) is 18.2 Å². The van der Waals surface area contributed by atoms with Crippen LogP contribution in [0.25, 0.3) is 0 Å². The number of hydrogen-bond donors (Lipinski definition) is 1. The van der Waals surface area contributed by atoms with Crippen molar-refractivity contribution < 1.29 is 9.13 Å². The number of ether oxygens (including phenoxy) is 1. The molecule has 2 unspecified atom stereocenters. The van der Waals surface area contributed by atoms with Crippen molar-refractivity contribution in [3.8, 4) is 0 Å². The summed E-state index contributed by atoms with van der Waals surface area (Å²) in [5.74, 6) is -0.234. The normalized spacial score (nSPS) is 27.6. The van der Waals surface area contributed by atoms with E-state index in [9.17, 15) is 4.39 Å². The lowest BCUT2D eigenvalue weighted by molar-refractivity contribution is -0.114. The summed E-state index contributed by atoms with van der Waals surface area (Å²) in [6, 6.07) is 4.98. The highest BCUT2D eigenvalue weighted by atomic mass is 35.5. The van der Waals surface area contributed by atoms with Gasteiger partial charge in [-0.05, 0) is 44.4 Å². The number of benzene rings is 1. The molecule has 1 aromatic rings. The van der Waals surface area contributed by atoms with Gasteiger partial charge in [0.05, 0.1) is 11.8 Å². The van der Waals surface area contributed by atoms with Crippen molar-refractivity contribution in [2.24, 2.45) is 5.41 Å². The van der Waals surface area contributed by atoms with Gasteiger partial charge in [-0.3, -0.25) is 0 Å². The van der Waals surface area contributed by atoms with Gasteiger partial charge >= 0.3 is 0 Å². The van der Waals surface area contributed by atoms with E-state index in [-0.39, 0.29) is 11.2 Å². The second-order valence-electron chi connectivity index (χ2n) is 5.94. The van der Waals surface area contributed by atoms with E-state index in [2.05, 4.69) is 5.32 Å². The molecule has 2 aliphatic carbocycles. The Bertz CT molecular complexity index is 487. The standard InChI is InChI=1S/C16H21ClFNO/c1-2-20-15-10-14(16(15)7-3-4-8-16)19-13-9-11(17)5-6-12(13)18/h5-6,9,14-15,19H,2-4,7-8,10H2,1H3. The molecule has 0 radical (unpaired) electrons. The number of anilines is 1. The second-order valence-corrected chi connectivity index (χ2v) is 6.38. The molecule has 0 heterocycles. The van der Waals surface area contributed by atoms with Gasteiger partial charge in [0, 0.05) is 23.1 Å². The summed E-state index contributed by atoms with van der Waals surface area (Å²) in [5, 5.41) is 3.93. The van der Waals surface area contributed by atoms with Crippen LogP contribution in [0.5, 0.6) is 0 Å². The summed E-state index contributed by atoms with van der Waals surface area (Å²) in [7, 11) is 0. The van der Waals surface area contributed by atoms with Gasteiger partial charge in [0.2, 0.25) is 0 Å². The highest BCUT2D eigenvalue weighted by molar-refractivity contribution is 6.30. The molecule has 4 heteroatoms. The molecule has 2 fully saturated rings. The van der Waals surface area contributed by atoms with Gasteiger partial charge in [-0.2, -0.15) is 0 Å². The average Bonchev–Trinajstić information content (AvgIpc) is 2.94. The maximum Gasteiger partial charge on any atom is 0.146 e. The molecule has 0 aliphatic heterocycles. The maximum absolute atomic E-state index is 13.9. The Morgan fingerprint density at radius 1 is 1.40 bits per heavy atom. The average molecular weight is 298 g/mol. The predicted molar refractivity (Wildman–Crippen MR) is 79.8 cm³/mol. The first-order valence-corrected chi connectivity index (χ1v) is 7.87. The topological polar surface area (TPSA) is 21.3 Å². The third-order valence-corrected chi connectivity index (χ3v) is 5.18. The molecule has 1 N–H and O–H groups in total. The van der Waals surface area contributed by atoms with Gasteiger partial charge in [0.25, 0.3) is 0 Å². The zero-order valence-corrected chi connectivity index (χ0v) is 12.5. The minimum Gasteiger partial charge on any atom is -0.379 e. The van der Waals surface area contributed by atoms with Gasteiger partial charge in [-0.1, -0.05) is 24.4 Å². The number of hydrogen-bond acceptors (Lipinski definition) is 2. The molecular weight excluding hydrogens is 277 g/mol. The quantitative estimate of drug-likeness (QED) is 0.875. The fourth-order valence-electron chi connectivity index (χ4n) is 3.88. The monoisotopic (exact) mass is 297 g/mol. The van der Waals surface area contributed by atoms with Crippen LogP contribution in [-0.4, -0.2) is 18.8 Å². The molecule has 3 rings (SSSR count). The Labute approximate surface area is 124 Å². The highest BCUT2D eigenvalue weighted by Crippen LogP contribution is 2.55. The minimum atomic E-state index is -0.234. The molecular formula is C16H21ClFNO. The maximum atomic E-state index is 13.9. The third kappa shape index (κ3) is 2.31. The first kappa shape index (κ1) is 14.2. The first-order valence-electron chi connectivity index (χ1n) is 7.49. The van der Waals surface area contributed by atoms with Crippen LogP contribution in [0.4, 0.5) is 10.1 Å². The molecule has 2 nitrogen and oxygen atoms in total. The Balaban J connectivity index is 1.76. The molecule has 0 bridgehead atoms. The molecule has 0 amide bonds. The fourth-order valence-corrected chi connectivity index (χ4v) is 4.06. The lowest BCUT2D eigenvalue weighted by atomic mass is 9.60. The van der Waals surface area contributed by atoms with E-state index in [1.165, 1.54) is 31.7 Å². The van der Waals surface area contributed by atoms with E-state index in [1.807, 2.05) is 6.92 Å². The van der Waals surface area contributed by atoms with Crippen LogP contribution in [-0.2, 0) is 4.74 Å². The summed E-state index contributed by atoms with van der Waals surface area (Å²) in [6.07, 6.45) is 6.14. The van der Waals surface area contributed by atoms with Crippen molar-refractivity contribution >= 4 is 17.3 Å². The van der Waals surface area contributed by atoms with Crippen LogP contribution in [0.1, 0.15) is 39.0 Å². The lowest BCUT2D eigenvalue weighted by Crippen LogP contribution is -2.60. The van der Waals surface area contributed by atoms with E-state index in [0.29, 0.717) is 22.9 Å². The highest BCUT2D eigenvalue weighted by Gasteiger charge is 2.56. The third-order valence-electron chi connectivity index (χ3n) is 4.95. The van der Waals surface area contributed by atoms with Crippen molar-refractivity contribution in [1.29, 1.82) is 0 Å². The van der Waals surface area contributed by atoms with Crippen molar-refractivity contribution in [1.82, 2.24) is 0 Å². The van der Waals surface area contributed by atoms with Crippen molar-refractivity contribution in [3.05, 3.63) is 29.0 Å². The van der Waals surface area contributed by atoms with Crippen LogP contribution in [0.3, 0.4) is 0 Å². The number of halogens is 2. The number of nitrogens with one attached hydrogen (secondary N) is 1. The molecule has 1 spiro atoms. The molecule has 0 saturated heterocycles. The fraction of sp³-hybridized carbons (Fsp3) is 0.625. The van der Waals surface area contributed by atoms with Crippen LogP contribution >= 0.6 is 11.6 Å². The summed E-state index contributed by atoms with van der Waals surface area (Å²) in [4.78, 5) is 0. The van der Waals surface area contributed by atoms with Gasteiger partial charge in [0.1, 0.15) is 5.82 Å². The lowest BCUT2D eigenvalue weighted by Gasteiger charge is -2.54. The Morgan fingerprint density at radius 3 is 2.85 bits per heavy atom. The molecule has 2 saturated carbocycles. The summed E-state index contributed by atoms with van der Waals surface area (Å²) in [5.41, 5.74) is 0.717. The summed E-state index contributed by atoms with van der Waals surface area (Å²) >= 11 is 5.96. The second kappa shape index (κ2) is 5.53. The zero-order valence-electron chi connectivity index (χ0n) is 11.8. The molecule has 110 valence electrons. The van der Waals surface area contributed by atoms with Gasteiger partial charge in [-0.25, -0.2) is 4.39 Å². The van der Waals surface area contributed by atoms with Gasteiger partial charge in [-0.15, -0.1) is 0 Å². The molecule has 20 heavy (non-hydrogen) atoms. The molecule has 1 aromatic carbocycles. The van der Waals surface area contributed by atoms with Crippen molar-refractivity contribution in [3.63, 3.8) is 0 Å². The van der Waals surface area contributed by atoms with Crippen molar-refractivity contribution in [2.75, 3.05) is 11.9 Å². The van der Waals surface area contributed by atoms with Crippen LogP contribution in [0, 0.1) is 11.2 Å². The van der Waals surface area contributed by atoms with E-state index in [1.54, 1.807) is 12.1 Å². The largest absolute Gasteiger partial charge is 0.379 e. The van der Waals surface area contributed by atoms with E-state index in [0.717, 1.165) is 13.0 Å². The summed E-state index contributed by atoms with van der Waals surface area (Å²) < 4.78 is 19.7. The smallest absolute Gasteiger partial charge is 0.146 e. The number of rotatable bonds is 4. The molecule has 2 aliphatic rings. The van der Waals surface area contributed by atoms with Gasteiger partial charge in [0.15, 0.2) is 0 Å². The van der Waals surface area contributed by atoms with E-state index >= 15 is 0 Å². The Hall–Kier alpha value is -0.800. The molecule has 2 atom stereocenters. The first-order chi connectivity index (χ1) is 9.65. The SMILES string of the molecule is CCOC1CC(Nc2cc(Cl)ccc2F)C12CCCC2. The van der Waals surface area contributed by atoms with Gasteiger partial charge < -0.3 is 10.1 Å². The van der Waals surface area contributed by atoms with E-state index < -0.39 is 0 Å². The zero-order chi connectivity index (χ0) is 14.2. The van der Waals surface area contributed by atoms with E-state index in [4.69, 9.17) is 16.3 Å². The van der Waals surface area contributed by atoms with Crippen LogP contribution in [0.2, 0.25) is 5.02 Å².